The number of hydrogen-bond donors (Lipinski definition) is 1. The summed E-state index contributed by atoms with van der Waals surface area (Å²) in [5, 5.41) is 4.27. The smallest absolute Gasteiger partial charge is 0.166 e. The second-order valence-electron chi connectivity index (χ2n) is 5.38. The van der Waals surface area contributed by atoms with E-state index in [2.05, 4.69) is 17.4 Å². The zero-order valence-corrected chi connectivity index (χ0v) is 14.9. The highest BCUT2D eigenvalue weighted by Crippen LogP contribution is 2.24. The van der Waals surface area contributed by atoms with Gasteiger partial charge in [-0.15, -0.1) is 0 Å². The van der Waals surface area contributed by atoms with Crippen LogP contribution in [0.1, 0.15) is 5.56 Å². The molecule has 0 aliphatic heterocycles. The fourth-order valence-corrected chi connectivity index (χ4v) is 3.04. The molecular formula is C21H20N2OS. The third-order valence-corrected chi connectivity index (χ3v) is 4.48. The maximum atomic E-state index is 5.22. The lowest BCUT2D eigenvalue weighted by molar-refractivity contribution is 0.414. The Kier molecular flexibility index (Phi) is 6.12. The minimum absolute atomic E-state index is 0.638. The molecule has 3 rings (SSSR count). The number of aliphatic imine (C=N–C) groups is 1. The van der Waals surface area contributed by atoms with Crippen molar-refractivity contribution < 1.29 is 4.74 Å². The molecule has 0 fully saturated rings. The summed E-state index contributed by atoms with van der Waals surface area (Å²) >= 11 is 1.61. The van der Waals surface area contributed by atoms with Crippen molar-refractivity contribution in [2.45, 2.75) is 11.4 Å². The number of ether oxygens (including phenoxy) is 1. The average Bonchev–Trinajstić information content (AvgIpc) is 2.68. The molecule has 0 bridgehead atoms. The number of para-hydroxylation sites is 1. The number of methoxy groups -OCH3 is 1. The van der Waals surface area contributed by atoms with Crippen molar-refractivity contribution in [2.75, 3.05) is 12.4 Å². The van der Waals surface area contributed by atoms with Crippen molar-refractivity contribution in [3.05, 3.63) is 90.5 Å². The van der Waals surface area contributed by atoms with Crippen LogP contribution >= 0.6 is 11.8 Å². The fraction of sp³-hybridized carbons (Fsp3) is 0.0952. The summed E-state index contributed by atoms with van der Waals surface area (Å²) < 4.78 is 5.22. The third kappa shape index (κ3) is 5.40. The standard InChI is InChI=1S/C21H20N2OS/c1-24-19-12-14-20(15-13-19)25-21(23-18-10-6-3-7-11-18)22-16-17-8-4-2-5-9-17/h2-15H,16H2,1H3,(H,22,23). The highest BCUT2D eigenvalue weighted by molar-refractivity contribution is 8.14. The minimum atomic E-state index is 0.638. The van der Waals surface area contributed by atoms with Gasteiger partial charge in [-0.2, -0.15) is 0 Å². The molecule has 0 amide bonds. The summed E-state index contributed by atoms with van der Waals surface area (Å²) in [6.07, 6.45) is 0. The van der Waals surface area contributed by atoms with Crippen molar-refractivity contribution in [3.8, 4) is 5.75 Å². The first-order valence-corrected chi connectivity index (χ1v) is 8.87. The van der Waals surface area contributed by atoms with E-state index < -0.39 is 0 Å². The first kappa shape index (κ1) is 17.1. The first-order chi connectivity index (χ1) is 12.3. The Morgan fingerprint density at radius 2 is 1.52 bits per heavy atom. The van der Waals surface area contributed by atoms with Crippen molar-refractivity contribution in [3.63, 3.8) is 0 Å². The van der Waals surface area contributed by atoms with E-state index in [1.807, 2.05) is 72.8 Å². The lowest BCUT2D eigenvalue weighted by atomic mass is 10.2. The number of benzene rings is 3. The number of hydrogen-bond acceptors (Lipinski definition) is 3. The van der Waals surface area contributed by atoms with Crippen molar-refractivity contribution in [1.82, 2.24) is 0 Å². The Labute approximate surface area is 152 Å². The quantitative estimate of drug-likeness (QED) is 0.378. The van der Waals surface area contributed by atoms with E-state index in [4.69, 9.17) is 9.73 Å². The molecule has 0 aromatic heterocycles. The Balaban J connectivity index is 1.77. The highest BCUT2D eigenvalue weighted by atomic mass is 32.2. The average molecular weight is 348 g/mol. The van der Waals surface area contributed by atoms with Gasteiger partial charge in [-0.1, -0.05) is 60.3 Å². The van der Waals surface area contributed by atoms with Crippen molar-refractivity contribution in [2.24, 2.45) is 4.99 Å². The predicted molar refractivity (Wildman–Crippen MR) is 106 cm³/mol. The van der Waals surface area contributed by atoms with E-state index >= 15 is 0 Å². The number of thioether (sulfide) groups is 1. The summed E-state index contributed by atoms with van der Waals surface area (Å²) in [4.78, 5) is 5.87. The van der Waals surface area contributed by atoms with Crippen molar-refractivity contribution >= 4 is 22.6 Å². The van der Waals surface area contributed by atoms with Gasteiger partial charge in [-0.3, -0.25) is 4.99 Å². The molecule has 3 aromatic rings. The lowest BCUT2D eigenvalue weighted by Gasteiger charge is -2.10. The summed E-state index contributed by atoms with van der Waals surface area (Å²) in [5.74, 6) is 0.850. The normalized spacial score (nSPS) is 11.2. The Morgan fingerprint density at radius 1 is 0.880 bits per heavy atom. The maximum absolute atomic E-state index is 5.22. The predicted octanol–water partition coefficient (Wildman–Crippen LogP) is 5.46. The van der Waals surface area contributed by atoms with Crippen LogP contribution < -0.4 is 10.1 Å². The first-order valence-electron chi connectivity index (χ1n) is 8.06. The second-order valence-corrected chi connectivity index (χ2v) is 6.44. The molecule has 0 heterocycles. The molecule has 0 aliphatic carbocycles. The molecule has 0 spiro atoms. The van der Waals surface area contributed by atoms with E-state index in [1.165, 1.54) is 5.56 Å². The molecule has 25 heavy (non-hydrogen) atoms. The van der Waals surface area contributed by atoms with Crippen LogP contribution in [-0.4, -0.2) is 12.3 Å². The van der Waals surface area contributed by atoms with Gasteiger partial charge in [0.15, 0.2) is 5.17 Å². The van der Waals surface area contributed by atoms with Crippen LogP contribution in [0, 0.1) is 0 Å². The van der Waals surface area contributed by atoms with Crippen LogP contribution in [0.25, 0.3) is 0 Å². The maximum Gasteiger partial charge on any atom is 0.166 e. The second kappa shape index (κ2) is 8.94. The molecule has 3 aromatic carbocycles. The third-order valence-electron chi connectivity index (χ3n) is 3.55. The fourth-order valence-electron chi connectivity index (χ4n) is 2.24. The summed E-state index contributed by atoms with van der Waals surface area (Å²) in [6.45, 7) is 0.638. The number of rotatable bonds is 5. The molecule has 0 radical (unpaired) electrons. The van der Waals surface area contributed by atoms with Crippen LogP contribution in [0.4, 0.5) is 5.69 Å². The highest BCUT2D eigenvalue weighted by Gasteiger charge is 2.04. The molecule has 0 unspecified atom stereocenters. The lowest BCUT2D eigenvalue weighted by Crippen LogP contribution is -2.08. The number of amidine groups is 1. The van der Waals surface area contributed by atoms with Crippen LogP contribution in [0.3, 0.4) is 0 Å². The van der Waals surface area contributed by atoms with Crippen LogP contribution in [0.2, 0.25) is 0 Å². The summed E-state index contributed by atoms with van der Waals surface area (Å²) in [6, 6.07) is 28.3. The van der Waals surface area contributed by atoms with Crippen LogP contribution in [-0.2, 0) is 6.54 Å². The molecule has 3 nitrogen and oxygen atoms in total. The van der Waals surface area contributed by atoms with Gasteiger partial charge in [-0.25, -0.2) is 0 Å². The van der Waals surface area contributed by atoms with Gasteiger partial charge in [0.2, 0.25) is 0 Å². The minimum Gasteiger partial charge on any atom is -0.497 e. The molecule has 126 valence electrons. The van der Waals surface area contributed by atoms with Crippen LogP contribution in [0.15, 0.2) is 94.8 Å². The Morgan fingerprint density at radius 3 is 2.16 bits per heavy atom. The zero-order chi connectivity index (χ0) is 17.3. The number of nitrogens with one attached hydrogen (secondary N) is 1. The zero-order valence-electron chi connectivity index (χ0n) is 14.1. The van der Waals surface area contributed by atoms with Crippen molar-refractivity contribution in [1.29, 1.82) is 0 Å². The molecule has 0 saturated heterocycles. The van der Waals surface area contributed by atoms with Gasteiger partial charge in [0, 0.05) is 10.6 Å². The largest absolute Gasteiger partial charge is 0.497 e. The van der Waals surface area contributed by atoms with E-state index in [0.717, 1.165) is 21.5 Å². The molecule has 0 atom stereocenters. The topological polar surface area (TPSA) is 33.6 Å². The van der Waals surface area contributed by atoms with Gasteiger partial charge >= 0.3 is 0 Å². The molecule has 4 heteroatoms. The molecule has 0 saturated carbocycles. The van der Waals surface area contributed by atoms with E-state index in [0.29, 0.717) is 6.54 Å². The van der Waals surface area contributed by atoms with Gasteiger partial charge in [0.05, 0.1) is 13.7 Å². The molecule has 1 N–H and O–H groups in total. The SMILES string of the molecule is COc1ccc(SC(=NCc2ccccc2)Nc2ccccc2)cc1. The van der Waals surface area contributed by atoms with Gasteiger partial charge in [0.1, 0.15) is 5.75 Å². The molecule has 0 aliphatic rings. The monoisotopic (exact) mass is 348 g/mol. The van der Waals surface area contributed by atoms with E-state index in [1.54, 1.807) is 18.9 Å². The summed E-state index contributed by atoms with van der Waals surface area (Å²) in [7, 11) is 1.67. The van der Waals surface area contributed by atoms with Gasteiger partial charge < -0.3 is 10.1 Å². The Bertz CT molecular complexity index is 802. The van der Waals surface area contributed by atoms with Gasteiger partial charge in [-0.05, 0) is 42.0 Å². The van der Waals surface area contributed by atoms with Crippen LogP contribution in [0.5, 0.6) is 5.75 Å². The van der Waals surface area contributed by atoms with E-state index in [-0.39, 0.29) is 0 Å². The number of nitrogens with zero attached hydrogens (tertiary/aromatic N) is 1. The summed E-state index contributed by atoms with van der Waals surface area (Å²) in [5.41, 5.74) is 2.21. The molecular weight excluding hydrogens is 328 g/mol. The number of anilines is 1. The Hall–Kier alpha value is -2.72. The van der Waals surface area contributed by atoms with Gasteiger partial charge in [0.25, 0.3) is 0 Å². The van der Waals surface area contributed by atoms with E-state index in [9.17, 15) is 0 Å².